The van der Waals surface area contributed by atoms with E-state index in [-0.39, 0.29) is 0 Å². The van der Waals surface area contributed by atoms with Gasteiger partial charge in [-0.2, -0.15) is 0 Å². The van der Waals surface area contributed by atoms with Gasteiger partial charge >= 0.3 is 0 Å². The molecule has 68 valence electrons. The Hall–Kier alpha value is -1.04. The molecule has 1 saturated carbocycles. The fraction of sp³-hybridized carbons (Fsp3) is 0.385. The van der Waals surface area contributed by atoms with Crippen LogP contribution in [-0.4, -0.2) is 0 Å². The average molecular weight is 172 g/mol. The fourth-order valence-corrected chi connectivity index (χ4v) is 2.41. The van der Waals surface area contributed by atoms with Gasteiger partial charge in [0.05, 0.1) is 0 Å². The van der Waals surface area contributed by atoms with Gasteiger partial charge in [0.15, 0.2) is 0 Å². The van der Waals surface area contributed by atoms with Crippen LogP contribution in [0.25, 0.3) is 0 Å². The van der Waals surface area contributed by atoms with Gasteiger partial charge in [-0.1, -0.05) is 50.3 Å². The summed E-state index contributed by atoms with van der Waals surface area (Å²) in [5, 5.41) is 0. The van der Waals surface area contributed by atoms with Crippen molar-refractivity contribution in [1.29, 1.82) is 0 Å². The summed E-state index contributed by atoms with van der Waals surface area (Å²) in [6, 6.07) is 10.7. The molecule has 0 saturated heterocycles. The maximum atomic E-state index is 3.89. The van der Waals surface area contributed by atoms with Crippen molar-refractivity contribution in [2.75, 3.05) is 0 Å². The first-order valence-electron chi connectivity index (χ1n) is 4.85. The molecule has 0 bridgehead atoms. The molecule has 13 heavy (non-hydrogen) atoms. The summed E-state index contributed by atoms with van der Waals surface area (Å²) in [6.07, 6.45) is 2.09. The van der Waals surface area contributed by atoms with Crippen LogP contribution in [0, 0.1) is 11.3 Å². The normalized spacial score (nSPS) is 29.7. The minimum atomic E-state index is 0.420. The van der Waals surface area contributed by atoms with E-state index < -0.39 is 0 Å². The summed E-state index contributed by atoms with van der Waals surface area (Å²) in [4.78, 5) is 0. The van der Waals surface area contributed by atoms with Crippen LogP contribution in [0.2, 0.25) is 0 Å². The molecule has 1 aromatic rings. The van der Waals surface area contributed by atoms with E-state index in [2.05, 4.69) is 56.8 Å². The molecule has 1 aromatic carbocycles. The predicted molar refractivity (Wildman–Crippen MR) is 56.7 cm³/mol. The van der Waals surface area contributed by atoms with E-state index in [9.17, 15) is 0 Å². The second kappa shape index (κ2) is 2.73. The fourth-order valence-electron chi connectivity index (χ4n) is 2.41. The Morgan fingerprint density at radius 1 is 1.23 bits per heavy atom. The third-order valence-corrected chi connectivity index (χ3v) is 3.32. The molecule has 0 heteroatoms. The van der Waals surface area contributed by atoms with Crippen molar-refractivity contribution in [3.63, 3.8) is 0 Å². The molecule has 1 aliphatic rings. The number of benzene rings is 1. The molecule has 0 aromatic heterocycles. The van der Waals surface area contributed by atoms with Crippen molar-refractivity contribution in [2.45, 2.75) is 19.8 Å². The largest absolute Gasteiger partial charge is 0.103 e. The van der Waals surface area contributed by atoms with Crippen molar-refractivity contribution in [3.8, 4) is 0 Å². The lowest BCUT2D eigenvalue weighted by Gasteiger charge is -2.01. The molecule has 0 N–H and O–H groups in total. The van der Waals surface area contributed by atoms with Crippen LogP contribution in [-0.2, 0) is 0 Å². The smallest absolute Gasteiger partial charge is 0.00366 e. The topological polar surface area (TPSA) is 0 Å². The molecule has 0 heterocycles. The van der Waals surface area contributed by atoms with Gasteiger partial charge < -0.3 is 0 Å². The molecular formula is C13H16. The third-order valence-electron chi connectivity index (χ3n) is 3.32. The summed E-state index contributed by atoms with van der Waals surface area (Å²) in [5.41, 5.74) is 1.88. The van der Waals surface area contributed by atoms with Crippen LogP contribution in [0.3, 0.4) is 0 Å². The Labute approximate surface area is 80.3 Å². The van der Waals surface area contributed by atoms with Gasteiger partial charge in [-0.3, -0.25) is 0 Å². The van der Waals surface area contributed by atoms with Crippen molar-refractivity contribution in [3.05, 3.63) is 48.6 Å². The highest BCUT2D eigenvalue weighted by Crippen LogP contribution is 2.64. The van der Waals surface area contributed by atoms with Gasteiger partial charge in [-0.15, -0.1) is 6.58 Å². The van der Waals surface area contributed by atoms with Crippen LogP contribution in [0.5, 0.6) is 0 Å². The van der Waals surface area contributed by atoms with Crippen molar-refractivity contribution < 1.29 is 0 Å². The molecule has 0 spiro atoms. The average Bonchev–Trinajstić information content (AvgIpc) is 2.69. The third kappa shape index (κ3) is 1.21. The lowest BCUT2D eigenvalue weighted by Crippen LogP contribution is -1.89. The number of rotatable bonds is 2. The van der Waals surface area contributed by atoms with Crippen molar-refractivity contribution in [1.82, 2.24) is 0 Å². The summed E-state index contributed by atoms with van der Waals surface area (Å²) in [6.45, 7) is 8.53. The summed E-state index contributed by atoms with van der Waals surface area (Å²) >= 11 is 0. The maximum absolute atomic E-state index is 3.89. The first-order valence-corrected chi connectivity index (χ1v) is 4.85. The van der Waals surface area contributed by atoms with Gasteiger partial charge in [0.1, 0.15) is 0 Å². The first-order chi connectivity index (χ1) is 6.18. The number of allylic oxidation sites excluding steroid dienone is 1. The highest BCUT2D eigenvalue weighted by molar-refractivity contribution is 5.33. The second-order valence-corrected chi connectivity index (χ2v) is 4.47. The zero-order valence-electron chi connectivity index (χ0n) is 8.33. The lowest BCUT2D eigenvalue weighted by atomic mass is 10.0. The molecule has 2 unspecified atom stereocenters. The van der Waals surface area contributed by atoms with Gasteiger partial charge in [-0.25, -0.2) is 0 Å². The van der Waals surface area contributed by atoms with Gasteiger partial charge in [0.25, 0.3) is 0 Å². The van der Waals surface area contributed by atoms with Gasteiger partial charge in [-0.05, 0) is 22.8 Å². The van der Waals surface area contributed by atoms with Crippen LogP contribution in [0.15, 0.2) is 43.0 Å². The molecule has 0 aliphatic heterocycles. The molecule has 0 radical (unpaired) electrons. The lowest BCUT2D eigenvalue weighted by molar-refractivity contribution is 0.593. The molecule has 1 aliphatic carbocycles. The van der Waals surface area contributed by atoms with Crippen LogP contribution >= 0.6 is 0 Å². The highest BCUT2D eigenvalue weighted by atomic mass is 14.6. The monoisotopic (exact) mass is 172 g/mol. The van der Waals surface area contributed by atoms with E-state index in [0.717, 1.165) is 0 Å². The Morgan fingerprint density at radius 2 is 1.85 bits per heavy atom. The number of hydrogen-bond acceptors (Lipinski definition) is 0. The molecule has 0 amide bonds. The summed E-state index contributed by atoms with van der Waals surface area (Å²) < 4.78 is 0. The SMILES string of the molecule is C=CC1C(c2ccccc2)C1(C)C. The molecule has 1 fully saturated rings. The Morgan fingerprint density at radius 3 is 2.31 bits per heavy atom. The van der Waals surface area contributed by atoms with E-state index in [1.807, 2.05) is 0 Å². The van der Waals surface area contributed by atoms with Crippen LogP contribution < -0.4 is 0 Å². The van der Waals surface area contributed by atoms with E-state index in [1.165, 1.54) is 5.56 Å². The van der Waals surface area contributed by atoms with Crippen molar-refractivity contribution >= 4 is 0 Å². The first kappa shape index (κ1) is 8.55. The van der Waals surface area contributed by atoms with E-state index in [4.69, 9.17) is 0 Å². The Balaban J connectivity index is 2.27. The standard InChI is InChI=1S/C13H16/c1-4-11-12(13(11,2)3)10-8-6-5-7-9-10/h4-9,11-12H,1H2,2-3H3. The zero-order valence-corrected chi connectivity index (χ0v) is 8.33. The second-order valence-electron chi connectivity index (χ2n) is 4.47. The van der Waals surface area contributed by atoms with Gasteiger partial charge in [0.2, 0.25) is 0 Å². The molecule has 0 nitrogen and oxygen atoms in total. The predicted octanol–water partition coefficient (Wildman–Crippen LogP) is 3.61. The van der Waals surface area contributed by atoms with E-state index in [0.29, 0.717) is 17.3 Å². The quantitative estimate of drug-likeness (QED) is 0.598. The Bertz CT molecular complexity index is 308. The maximum Gasteiger partial charge on any atom is -0.00366 e. The Kier molecular flexibility index (Phi) is 1.80. The summed E-state index contributed by atoms with van der Waals surface area (Å²) in [7, 11) is 0. The minimum Gasteiger partial charge on any atom is -0.103 e. The van der Waals surface area contributed by atoms with E-state index >= 15 is 0 Å². The van der Waals surface area contributed by atoms with E-state index in [1.54, 1.807) is 0 Å². The minimum absolute atomic E-state index is 0.420. The van der Waals surface area contributed by atoms with Crippen LogP contribution in [0.4, 0.5) is 0 Å². The highest BCUT2D eigenvalue weighted by Gasteiger charge is 2.56. The summed E-state index contributed by atoms with van der Waals surface area (Å²) in [5.74, 6) is 1.35. The number of hydrogen-bond donors (Lipinski definition) is 0. The van der Waals surface area contributed by atoms with Gasteiger partial charge in [0, 0.05) is 0 Å². The molecule has 2 rings (SSSR count). The van der Waals surface area contributed by atoms with Crippen LogP contribution in [0.1, 0.15) is 25.3 Å². The van der Waals surface area contributed by atoms with Crippen molar-refractivity contribution in [2.24, 2.45) is 11.3 Å². The zero-order chi connectivity index (χ0) is 9.47. The molecule has 2 atom stereocenters. The molecular weight excluding hydrogens is 156 g/mol.